The summed E-state index contributed by atoms with van der Waals surface area (Å²) in [4.78, 5) is 11.1. The van der Waals surface area contributed by atoms with Crippen molar-refractivity contribution in [1.82, 2.24) is 0 Å². The van der Waals surface area contributed by atoms with Crippen molar-refractivity contribution in [1.29, 1.82) is 0 Å². The van der Waals surface area contributed by atoms with Crippen molar-refractivity contribution in [3.05, 3.63) is 28.2 Å². The summed E-state index contributed by atoms with van der Waals surface area (Å²) in [7, 11) is 0. The summed E-state index contributed by atoms with van der Waals surface area (Å²) in [6.07, 6.45) is 0.994. The molecule has 1 N–H and O–H groups in total. The van der Waals surface area contributed by atoms with Gasteiger partial charge in [-0.1, -0.05) is 13.0 Å². The Bertz CT molecular complexity index is 321. The van der Waals surface area contributed by atoms with Crippen LogP contribution in [0.1, 0.15) is 18.9 Å². The number of benzene rings is 1. The van der Waals surface area contributed by atoms with Gasteiger partial charge in [-0.15, -0.1) is 0 Å². The minimum atomic E-state index is 0.202. The molecule has 1 aromatic carbocycles. The van der Waals surface area contributed by atoms with Crippen LogP contribution in [0.5, 0.6) is 5.75 Å². The maximum Gasteiger partial charge on any atom is 0.136 e. The fourth-order valence-electron chi connectivity index (χ4n) is 1.01. The highest BCUT2D eigenvalue weighted by Crippen LogP contribution is 2.24. The molecule has 2 nitrogen and oxygen atoms in total. The highest BCUT2D eigenvalue weighted by molar-refractivity contribution is 9.10. The van der Waals surface area contributed by atoms with Gasteiger partial charge in [0.15, 0.2) is 0 Å². The third-order valence-corrected chi connectivity index (χ3v) is 2.44. The van der Waals surface area contributed by atoms with Gasteiger partial charge >= 0.3 is 0 Å². The minimum absolute atomic E-state index is 0.202. The van der Waals surface area contributed by atoms with Crippen molar-refractivity contribution in [2.24, 2.45) is 0 Å². The molecule has 0 radical (unpaired) electrons. The molecule has 3 heteroatoms. The van der Waals surface area contributed by atoms with Crippen molar-refractivity contribution >= 4 is 21.7 Å². The van der Waals surface area contributed by atoms with Crippen LogP contribution in [-0.2, 0) is 11.2 Å². The van der Waals surface area contributed by atoms with Crippen molar-refractivity contribution < 1.29 is 9.90 Å². The molecule has 0 aliphatic heterocycles. The van der Waals surface area contributed by atoms with Gasteiger partial charge in [-0.3, -0.25) is 4.79 Å². The molecule has 1 aromatic rings. The Labute approximate surface area is 85.7 Å². The van der Waals surface area contributed by atoms with Crippen LogP contribution in [0.3, 0.4) is 0 Å². The second kappa shape index (κ2) is 4.42. The smallest absolute Gasteiger partial charge is 0.136 e. The summed E-state index contributed by atoms with van der Waals surface area (Å²) in [5.74, 6) is 0.408. The van der Waals surface area contributed by atoms with E-state index in [0.29, 0.717) is 17.3 Å². The van der Waals surface area contributed by atoms with E-state index in [1.807, 2.05) is 6.92 Å². The summed E-state index contributed by atoms with van der Waals surface area (Å²) < 4.78 is 0.633. The molecule has 0 aromatic heterocycles. The Hall–Kier alpha value is -0.830. The number of halogens is 1. The van der Waals surface area contributed by atoms with Crippen molar-refractivity contribution in [2.45, 2.75) is 19.8 Å². The summed E-state index contributed by atoms with van der Waals surface area (Å²) >= 11 is 3.20. The van der Waals surface area contributed by atoms with Crippen LogP contribution in [0.4, 0.5) is 0 Å². The predicted molar refractivity (Wildman–Crippen MR) is 54.8 cm³/mol. The van der Waals surface area contributed by atoms with Gasteiger partial charge in [-0.05, 0) is 33.6 Å². The summed E-state index contributed by atoms with van der Waals surface area (Å²) in [5.41, 5.74) is 0.927. The molecule has 0 saturated heterocycles. The average Bonchev–Trinajstić information content (AvgIpc) is 2.11. The monoisotopic (exact) mass is 242 g/mol. The van der Waals surface area contributed by atoms with E-state index in [1.54, 1.807) is 18.2 Å². The number of Topliss-reactive ketones (excluding diaryl/α,β-unsaturated/α-hetero) is 1. The predicted octanol–water partition coefficient (Wildman–Crippen LogP) is 2.68. The van der Waals surface area contributed by atoms with Crippen LogP contribution >= 0.6 is 15.9 Å². The van der Waals surface area contributed by atoms with Crippen LogP contribution in [0.25, 0.3) is 0 Å². The number of hydrogen-bond donors (Lipinski definition) is 1. The number of phenolic OH excluding ortho intramolecular Hbond substituents is 1. The molecule has 0 aliphatic rings. The molecular weight excluding hydrogens is 232 g/mol. The zero-order valence-electron chi connectivity index (χ0n) is 7.38. The minimum Gasteiger partial charge on any atom is -0.507 e. The van der Waals surface area contributed by atoms with E-state index in [0.717, 1.165) is 5.56 Å². The van der Waals surface area contributed by atoms with Gasteiger partial charge in [0.1, 0.15) is 11.5 Å². The molecule has 0 spiro atoms. The molecule has 0 atom stereocenters. The molecule has 0 fully saturated rings. The molecular formula is C10H11BrO2. The molecule has 0 bridgehead atoms. The zero-order chi connectivity index (χ0) is 9.84. The van der Waals surface area contributed by atoms with Crippen molar-refractivity contribution in [3.63, 3.8) is 0 Å². The molecule has 1 rings (SSSR count). The van der Waals surface area contributed by atoms with E-state index in [1.165, 1.54) is 0 Å². The third kappa shape index (κ3) is 2.84. The number of aromatic hydroxyl groups is 1. The SMILES string of the molecule is CCC(=O)Cc1ccc(O)c(Br)c1. The second-order valence-electron chi connectivity index (χ2n) is 2.85. The van der Waals surface area contributed by atoms with Gasteiger partial charge in [0, 0.05) is 12.8 Å². The molecule has 0 aliphatic carbocycles. The van der Waals surface area contributed by atoms with Gasteiger partial charge < -0.3 is 5.11 Å². The topological polar surface area (TPSA) is 37.3 Å². The lowest BCUT2D eigenvalue weighted by Crippen LogP contribution is -1.99. The number of rotatable bonds is 3. The average molecular weight is 243 g/mol. The van der Waals surface area contributed by atoms with Gasteiger partial charge in [0.2, 0.25) is 0 Å². The van der Waals surface area contributed by atoms with Gasteiger partial charge in [-0.25, -0.2) is 0 Å². The Kier molecular flexibility index (Phi) is 3.48. The maximum absolute atomic E-state index is 11.1. The first-order valence-corrected chi connectivity index (χ1v) is 4.92. The molecule has 0 saturated carbocycles. The highest BCUT2D eigenvalue weighted by atomic mass is 79.9. The second-order valence-corrected chi connectivity index (χ2v) is 3.71. The van der Waals surface area contributed by atoms with Crippen LogP contribution in [0.2, 0.25) is 0 Å². The van der Waals surface area contributed by atoms with Gasteiger partial charge in [0.05, 0.1) is 4.47 Å². The largest absolute Gasteiger partial charge is 0.507 e. The highest BCUT2D eigenvalue weighted by Gasteiger charge is 2.03. The number of carbonyl (C=O) groups is 1. The molecule has 0 unspecified atom stereocenters. The van der Waals surface area contributed by atoms with E-state index in [2.05, 4.69) is 15.9 Å². The number of carbonyl (C=O) groups excluding carboxylic acids is 1. The summed E-state index contributed by atoms with van der Waals surface area (Å²) in [6.45, 7) is 1.85. The normalized spacial score (nSPS) is 10.0. The van der Waals surface area contributed by atoms with Crippen molar-refractivity contribution in [3.8, 4) is 5.75 Å². The third-order valence-electron chi connectivity index (χ3n) is 1.81. The van der Waals surface area contributed by atoms with Crippen LogP contribution in [-0.4, -0.2) is 10.9 Å². The number of ketones is 1. The van der Waals surface area contributed by atoms with E-state index in [9.17, 15) is 9.90 Å². The fourth-order valence-corrected chi connectivity index (χ4v) is 1.44. The molecule has 70 valence electrons. The molecule has 13 heavy (non-hydrogen) atoms. The molecule has 0 amide bonds. The standard InChI is InChI=1S/C10H11BrO2/c1-2-8(12)5-7-3-4-10(13)9(11)6-7/h3-4,6,13H,2,5H2,1H3. The quantitative estimate of drug-likeness (QED) is 0.886. The number of phenols is 1. The van der Waals surface area contributed by atoms with E-state index < -0.39 is 0 Å². The molecule has 0 heterocycles. The van der Waals surface area contributed by atoms with Crippen molar-refractivity contribution in [2.75, 3.05) is 0 Å². The number of hydrogen-bond acceptors (Lipinski definition) is 2. The van der Waals surface area contributed by atoms with Crippen LogP contribution in [0, 0.1) is 0 Å². The Morgan fingerprint density at radius 2 is 2.23 bits per heavy atom. The summed E-state index contributed by atoms with van der Waals surface area (Å²) in [6, 6.07) is 5.11. The van der Waals surface area contributed by atoms with Gasteiger partial charge in [-0.2, -0.15) is 0 Å². The summed E-state index contributed by atoms with van der Waals surface area (Å²) in [5, 5.41) is 9.20. The Morgan fingerprint density at radius 3 is 2.77 bits per heavy atom. The lowest BCUT2D eigenvalue weighted by Gasteiger charge is -2.01. The Balaban J connectivity index is 2.79. The maximum atomic E-state index is 11.1. The van der Waals surface area contributed by atoms with E-state index >= 15 is 0 Å². The first kappa shape index (κ1) is 10.3. The van der Waals surface area contributed by atoms with Crippen LogP contribution in [0.15, 0.2) is 22.7 Å². The van der Waals surface area contributed by atoms with Crippen LogP contribution < -0.4 is 0 Å². The zero-order valence-corrected chi connectivity index (χ0v) is 8.97. The fraction of sp³-hybridized carbons (Fsp3) is 0.300. The first-order chi connectivity index (χ1) is 6.13. The van der Waals surface area contributed by atoms with E-state index in [4.69, 9.17) is 0 Å². The van der Waals surface area contributed by atoms with Gasteiger partial charge in [0.25, 0.3) is 0 Å². The first-order valence-electron chi connectivity index (χ1n) is 4.12. The lowest BCUT2D eigenvalue weighted by molar-refractivity contribution is -0.118. The lowest BCUT2D eigenvalue weighted by atomic mass is 10.1. The Morgan fingerprint density at radius 1 is 1.54 bits per heavy atom. The van der Waals surface area contributed by atoms with E-state index in [-0.39, 0.29) is 11.5 Å².